The maximum atomic E-state index is 11.4. The van der Waals surface area contributed by atoms with Gasteiger partial charge in [-0.05, 0) is 20.3 Å². The van der Waals surface area contributed by atoms with E-state index in [9.17, 15) is 8.42 Å². The predicted molar refractivity (Wildman–Crippen MR) is 54.6 cm³/mol. The van der Waals surface area contributed by atoms with Gasteiger partial charge in [-0.1, -0.05) is 0 Å². The molecule has 0 bridgehead atoms. The Balaban J connectivity index is 4.20. The van der Waals surface area contributed by atoms with Crippen molar-refractivity contribution >= 4 is 10.0 Å². The highest BCUT2D eigenvalue weighted by molar-refractivity contribution is 7.89. The third-order valence-electron chi connectivity index (χ3n) is 1.72. The number of aliphatic hydroxyl groups is 1. The highest BCUT2D eigenvalue weighted by Gasteiger charge is 2.23. The molecule has 0 fully saturated rings. The Morgan fingerprint density at radius 2 is 2.00 bits per heavy atom. The minimum atomic E-state index is -3.31. The molecular weight excluding hydrogens is 206 g/mol. The standard InChI is InChI=1S/C8H19NO4S/c1-8(2,4-5-10)9-14(11,12)7-6-13-3/h9-10H,4-7H2,1-3H3. The van der Waals surface area contributed by atoms with Gasteiger partial charge in [0.1, 0.15) is 0 Å². The van der Waals surface area contributed by atoms with E-state index in [1.807, 2.05) is 0 Å². The SMILES string of the molecule is COCCS(=O)(=O)NC(C)(C)CCO. The second-order valence-electron chi connectivity index (χ2n) is 3.77. The van der Waals surface area contributed by atoms with E-state index in [1.165, 1.54) is 7.11 Å². The van der Waals surface area contributed by atoms with Crippen LogP contribution in [0.4, 0.5) is 0 Å². The number of hydrogen-bond acceptors (Lipinski definition) is 4. The molecule has 0 amide bonds. The van der Waals surface area contributed by atoms with Crippen LogP contribution in [-0.2, 0) is 14.8 Å². The summed E-state index contributed by atoms with van der Waals surface area (Å²) in [7, 11) is -1.86. The summed E-state index contributed by atoms with van der Waals surface area (Å²) in [5, 5.41) is 8.72. The van der Waals surface area contributed by atoms with Gasteiger partial charge in [0, 0.05) is 19.3 Å². The van der Waals surface area contributed by atoms with Crippen LogP contribution in [0.25, 0.3) is 0 Å². The Morgan fingerprint density at radius 3 is 2.43 bits per heavy atom. The topological polar surface area (TPSA) is 75.6 Å². The minimum Gasteiger partial charge on any atom is -0.396 e. The normalized spacial score (nSPS) is 13.1. The number of hydrogen-bond donors (Lipinski definition) is 2. The minimum absolute atomic E-state index is 0.0419. The first kappa shape index (κ1) is 13.8. The van der Waals surface area contributed by atoms with E-state index in [-0.39, 0.29) is 19.0 Å². The van der Waals surface area contributed by atoms with Crippen molar-refractivity contribution in [1.82, 2.24) is 4.72 Å². The Morgan fingerprint density at radius 1 is 1.43 bits per heavy atom. The molecule has 0 aromatic heterocycles. The molecule has 0 rings (SSSR count). The highest BCUT2D eigenvalue weighted by atomic mass is 32.2. The van der Waals surface area contributed by atoms with Crippen molar-refractivity contribution < 1.29 is 18.3 Å². The van der Waals surface area contributed by atoms with E-state index in [1.54, 1.807) is 13.8 Å². The summed E-state index contributed by atoms with van der Waals surface area (Å²) in [5.41, 5.74) is -0.610. The number of ether oxygens (including phenoxy) is 1. The van der Waals surface area contributed by atoms with Gasteiger partial charge < -0.3 is 9.84 Å². The molecule has 0 saturated heterocycles. The van der Waals surface area contributed by atoms with Crippen molar-refractivity contribution in [2.75, 3.05) is 26.1 Å². The zero-order valence-corrected chi connectivity index (χ0v) is 9.73. The van der Waals surface area contributed by atoms with Crippen LogP contribution >= 0.6 is 0 Å². The van der Waals surface area contributed by atoms with Crippen LogP contribution in [0.15, 0.2) is 0 Å². The van der Waals surface area contributed by atoms with Gasteiger partial charge in [0.05, 0.1) is 12.4 Å². The van der Waals surface area contributed by atoms with Crippen molar-refractivity contribution in [3.05, 3.63) is 0 Å². The van der Waals surface area contributed by atoms with Crippen molar-refractivity contribution in [3.63, 3.8) is 0 Å². The molecule has 0 saturated carbocycles. The first-order valence-corrected chi connectivity index (χ1v) is 6.10. The van der Waals surface area contributed by atoms with Crippen LogP contribution in [0.3, 0.4) is 0 Å². The summed E-state index contributed by atoms with van der Waals surface area (Å²) in [4.78, 5) is 0. The van der Waals surface area contributed by atoms with Crippen molar-refractivity contribution in [2.24, 2.45) is 0 Å². The van der Waals surface area contributed by atoms with Gasteiger partial charge in [-0.15, -0.1) is 0 Å². The lowest BCUT2D eigenvalue weighted by Crippen LogP contribution is -2.45. The number of nitrogens with one attached hydrogen (secondary N) is 1. The van der Waals surface area contributed by atoms with E-state index in [0.29, 0.717) is 6.42 Å². The fourth-order valence-electron chi connectivity index (χ4n) is 0.996. The zero-order valence-electron chi connectivity index (χ0n) is 8.91. The lowest BCUT2D eigenvalue weighted by atomic mass is 10.0. The second kappa shape index (κ2) is 5.65. The fourth-order valence-corrected chi connectivity index (χ4v) is 2.43. The molecule has 0 heterocycles. The molecule has 0 aliphatic rings. The average Bonchev–Trinajstić information content (AvgIpc) is 1.98. The molecule has 6 heteroatoms. The van der Waals surface area contributed by atoms with E-state index in [2.05, 4.69) is 9.46 Å². The van der Waals surface area contributed by atoms with Crippen LogP contribution < -0.4 is 4.72 Å². The summed E-state index contributed by atoms with van der Waals surface area (Å²) in [6.45, 7) is 3.59. The largest absolute Gasteiger partial charge is 0.396 e. The summed E-state index contributed by atoms with van der Waals surface area (Å²) in [6.07, 6.45) is 0.388. The van der Waals surface area contributed by atoms with Crippen molar-refractivity contribution in [1.29, 1.82) is 0 Å². The van der Waals surface area contributed by atoms with E-state index >= 15 is 0 Å². The molecule has 0 unspecified atom stereocenters. The molecule has 86 valence electrons. The third kappa shape index (κ3) is 6.31. The Kier molecular flexibility index (Phi) is 5.58. The molecule has 0 aliphatic carbocycles. The van der Waals surface area contributed by atoms with Crippen molar-refractivity contribution in [2.45, 2.75) is 25.8 Å². The smallest absolute Gasteiger partial charge is 0.214 e. The Hall–Kier alpha value is -0.170. The van der Waals surface area contributed by atoms with Crippen molar-refractivity contribution in [3.8, 4) is 0 Å². The third-order valence-corrected chi connectivity index (χ3v) is 3.29. The molecule has 0 aromatic carbocycles. The molecule has 14 heavy (non-hydrogen) atoms. The van der Waals surface area contributed by atoms with Crippen LogP contribution in [0, 0.1) is 0 Å². The molecule has 5 nitrogen and oxygen atoms in total. The molecule has 0 aromatic rings. The van der Waals surface area contributed by atoms with Gasteiger partial charge in [0.15, 0.2) is 0 Å². The number of methoxy groups -OCH3 is 1. The lowest BCUT2D eigenvalue weighted by molar-refractivity contribution is 0.216. The van der Waals surface area contributed by atoms with E-state index in [4.69, 9.17) is 5.11 Å². The first-order valence-electron chi connectivity index (χ1n) is 4.44. The zero-order chi connectivity index (χ0) is 11.2. The van der Waals surface area contributed by atoms with E-state index in [0.717, 1.165) is 0 Å². The average molecular weight is 225 g/mol. The maximum Gasteiger partial charge on any atom is 0.214 e. The predicted octanol–water partition coefficient (Wildman–Crippen LogP) is -0.287. The van der Waals surface area contributed by atoms with Gasteiger partial charge in [0.25, 0.3) is 0 Å². The molecule has 2 N–H and O–H groups in total. The molecule has 0 atom stereocenters. The summed E-state index contributed by atoms with van der Waals surface area (Å²) < 4.78 is 30.0. The van der Waals surface area contributed by atoms with Gasteiger partial charge in [-0.25, -0.2) is 13.1 Å². The highest BCUT2D eigenvalue weighted by Crippen LogP contribution is 2.09. The second-order valence-corrected chi connectivity index (χ2v) is 5.61. The number of sulfonamides is 1. The van der Waals surface area contributed by atoms with E-state index < -0.39 is 15.6 Å². The molecule has 0 radical (unpaired) electrons. The first-order chi connectivity index (χ1) is 6.33. The molecule has 0 aliphatic heterocycles. The summed E-state index contributed by atoms with van der Waals surface area (Å²) >= 11 is 0. The maximum absolute atomic E-state index is 11.4. The van der Waals surface area contributed by atoms with Crippen LogP contribution in [-0.4, -0.2) is 45.1 Å². The number of rotatable bonds is 7. The fraction of sp³-hybridized carbons (Fsp3) is 1.00. The molecule has 0 spiro atoms. The quantitative estimate of drug-likeness (QED) is 0.624. The Labute approximate surface area is 85.5 Å². The van der Waals surface area contributed by atoms with Crippen LogP contribution in [0.5, 0.6) is 0 Å². The van der Waals surface area contributed by atoms with Gasteiger partial charge in [-0.3, -0.25) is 0 Å². The monoisotopic (exact) mass is 225 g/mol. The van der Waals surface area contributed by atoms with Gasteiger partial charge >= 0.3 is 0 Å². The van der Waals surface area contributed by atoms with Crippen LogP contribution in [0.1, 0.15) is 20.3 Å². The lowest BCUT2D eigenvalue weighted by Gasteiger charge is -2.24. The Bertz CT molecular complexity index is 248. The number of aliphatic hydroxyl groups excluding tert-OH is 1. The van der Waals surface area contributed by atoms with Gasteiger partial charge in [-0.2, -0.15) is 0 Å². The summed E-state index contributed by atoms with van der Waals surface area (Å²) in [5.74, 6) is -0.0572. The van der Waals surface area contributed by atoms with Crippen LogP contribution in [0.2, 0.25) is 0 Å². The summed E-state index contributed by atoms with van der Waals surface area (Å²) in [6, 6.07) is 0. The van der Waals surface area contributed by atoms with Gasteiger partial charge in [0.2, 0.25) is 10.0 Å². The molecular formula is C8H19NO4S.